The first-order valence-electron chi connectivity index (χ1n) is 8.64. The second kappa shape index (κ2) is 7.03. The van der Waals surface area contributed by atoms with Crippen molar-refractivity contribution in [2.75, 3.05) is 19.5 Å². The van der Waals surface area contributed by atoms with Crippen molar-refractivity contribution in [1.82, 2.24) is 9.97 Å². The van der Waals surface area contributed by atoms with Gasteiger partial charge in [0.05, 0.1) is 30.9 Å². The van der Waals surface area contributed by atoms with E-state index in [-0.39, 0.29) is 5.56 Å². The lowest BCUT2D eigenvalue weighted by Crippen LogP contribution is -2.06. The molecule has 0 radical (unpaired) electrons. The van der Waals surface area contributed by atoms with Gasteiger partial charge in [-0.2, -0.15) is 0 Å². The third-order valence-electron chi connectivity index (χ3n) is 4.76. The van der Waals surface area contributed by atoms with E-state index in [2.05, 4.69) is 15.3 Å². The molecule has 2 aromatic heterocycles. The van der Waals surface area contributed by atoms with Crippen LogP contribution in [0.4, 0.5) is 11.5 Å². The van der Waals surface area contributed by atoms with E-state index in [0.717, 1.165) is 29.5 Å². The standard InChI is InChI=1S/C19H19N3O4S/c1-25-13-7-11(19(23)24)12(8-14(13)26-2)22-17-16-10-5-3-4-6-15(10)27-18(16)21-9-20-17/h7-9H,3-6H2,1-2H3,(H,23,24)(H,20,21,22). The van der Waals surface area contributed by atoms with Crippen LogP contribution in [0.2, 0.25) is 0 Å². The number of thiophene rings is 1. The molecule has 0 unspecified atom stereocenters. The number of rotatable bonds is 5. The SMILES string of the molecule is COc1cc(Nc2ncnc3sc4c(c23)CCCC4)c(C(=O)O)cc1OC. The third-order valence-corrected chi connectivity index (χ3v) is 5.96. The molecule has 0 aliphatic heterocycles. The summed E-state index contributed by atoms with van der Waals surface area (Å²) in [5, 5.41) is 13.8. The topological polar surface area (TPSA) is 93.6 Å². The quantitative estimate of drug-likeness (QED) is 0.685. The molecule has 0 saturated carbocycles. The highest BCUT2D eigenvalue weighted by Crippen LogP contribution is 2.40. The Morgan fingerprint density at radius 3 is 2.63 bits per heavy atom. The van der Waals surface area contributed by atoms with Gasteiger partial charge >= 0.3 is 5.97 Å². The maximum absolute atomic E-state index is 11.8. The number of hydrogen-bond donors (Lipinski definition) is 2. The second-order valence-electron chi connectivity index (χ2n) is 6.30. The number of ether oxygens (including phenoxy) is 2. The minimum atomic E-state index is -1.06. The molecule has 0 amide bonds. The molecule has 0 bridgehead atoms. The Bertz CT molecular complexity index is 1030. The number of nitrogens with one attached hydrogen (secondary N) is 1. The summed E-state index contributed by atoms with van der Waals surface area (Å²) in [4.78, 5) is 22.9. The molecular weight excluding hydrogens is 366 g/mol. The molecule has 2 heterocycles. The molecule has 7 nitrogen and oxygen atoms in total. The van der Waals surface area contributed by atoms with Crippen LogP contribution in [0.15, 0.2) is 18.5 Å². The molecule has 0 saturated heterocycles. The molecule has 0 atom stereocenters. The summed E-state index contributed by atoms with van der Waals surface area (Å²) >= 11 is 1.70. The Kier molecular flexibility index (Phi) is 4.57. The van der Waals surface area contributed by atoms with Crippen LogP contribution in [-0.2, 0) is 12.8 Å². The molecule has 3 aromatic rings. The van der Waals surface area contributed by atoms with Crippen LogP contribution < -0.4 is 14.8 Å². The number of carbonyl (C=O) groups is 1. The Morgan fingerprint density at radius 1 is 1.15 bits per heavy atom. The van der Waals surface area contributed by atoms with Gasteiger partial charge in [0.1, 0.15) is 17.0 Å². The number of hydrogen-bond acceptors (Lipinski definition) is 7. The van der Waals surface area contributed by atoms with Gasteiger partial charge in [-0.3, -0.25) is 0 Å². The summed E-state index contributed by atoms with van der Waals surface area (Å²) < 4.78 is 10.5. The van der Waals surface area contributed by atoms with Crippen molar-refractivity contribution in [1.29, 1.82) is 0 Å². The molecule has 8 heteroatoms. The zero-order valence-corrected chi connectivity index (χ0v) is 15.9. The van der Waals surface area contributed by atoms with Gasteiger partial charge in [0.15, 0.2) is 11.5 Å². The van der Waals surface area contributed by atoms with Crippen molar-refractivity contribution in [2.45, 2.75) is 25.7 Å². The van der Waals surface area contributed by atoms with Crippen LogP contribution in [-0.4, -0.2) is 35.3 Å². The molecule has 0 fully saturated rings. The number of methoxy groups -OCH3 is 2. The Hall–Kier alpha value is -2.87. The van der Waals surface area contributed by atoms with Gasteiger partial charge in [-0.1, -0.05) is 0 Å². The molecule has 1 aromatic carbocycles. The Morgan fingerprint density at radius 2 is 1.89 bits per heavy atom. The number of anilines is 2. The lowest BCUT2D eigenvalue weighted by atomic mass is 9.97. The maximum atomic E-state index is 11.8. The average molecular weight is 385 g/mol. The Balaban J connectivity index is 1.85. The number of aryl methyl sites for hydroxylation is 2. The molecule has 1 aliphatic carbocycles. The fourth-order valence-corrected chi connectivity index (χ4v) is 4.70. The fourth-order valence-electron chi connectivity index (χ4n) is 3.47. The third kappa shape index (κ3) is 3.06. The summed E-state index contributed by atoms with van der Waals surface area (Å²) in [5.74, 6) is 0.370. The van der Waals surface area contributed by atoms with E-state index >= 15 is 0 Å². The van der Waals surface area contributed by atoms with Gasteiger partial charge in [-0.15, -0.1) is 11.3 Å². The highest BCUT2D eigenvalue weighted by molar-refractivity contribution is 7.19. The van der Waals surface area contributed by atoms with Crippen molar-refractivity contribution in [3.63, 3.8) is 0 Å². The van der Waals surface area contributed by atoms with Crippen LogP contribution in [0.1, 0.15) is 33.6 Å². The lowest BCUT2D eigenvalue weighted by Gasteiger charge is -2.15. The van der Waals surface area contributed by atoms with Crippen LogP contribution in [0.3, 0.4) is 0 Å². The number of fused-ring (bicyclic) bond motifs is 3. The minimum Gasteiger partial charge on any atom is -0.493 e. The van der Waals surface area contributed by atoms with E-state index < -0.39 is 5.97 Å². The minimum absolute atomic E-state index is 0.0866. The molecule has 0 spiro atoms. The first kappa shape index (κ1) is 17.5. The van der Waals surface area contributed by atoms with Gasteiger partial charge in [-0.25, -0.2) is 14.8 Å². The van der Waals surface area contributed by atoms with E-state index in [4.69, 9.17) is 9.47 Å². The van der Waals surface area contributed by atoms with E-state index in [0.29, 0.717) is 23.0 Å². The number of carboxylic acids is 1. The first-order chi connectivity index (χ1) is 13.1. The summed E-state index contributed by atoms with van der Waals surface area (Å²) in [7, 11) is 2.99. The monoisotopic (exact) mass is 385 g/mol. The molecule has 140 valence electrons. The van der Waals surface area contributed by atoms with Crippen LogP contribution in [0, 0.1) is 0 Å². The van der Waals surface area contributed by atoms with E-state index in [1.165, 1.54) is 43.5 Å². The summed E-state index contributed by atoms with van der Waals surface area (Å²) in [6, 6.07) is 3.07. The lowest BCUT2D eigenvalue weighted by molar-refractivity contribution is 0.0697. The Labute approximate surface area is 160 Å². The van der Waals surface area contributed by atoms with Crippen LogP contribution in [0.25, 0.3) is 10.2 Å². The molecule has 1 aliphatic rings. The number of aromatic carboxylic acids is 1. The summed E-state index contributed by atoms with van der Waals surface area (Å²) in [6.07, 6.45) is 5.90. The number of aromatic nitrogens is 2. The maximum Gasteiger partial charge on any atom is 0.337 e. The van der Waals surface area contributed by atoms with Crippen LogP contribution >= 0.6 is 11.3 Å². The van der Waals surface area contributed by atoms with Crippen molar-refractivity contribution < 1.29 is 19.4 Å². The number of benzene rings is 1. The normalized spacial score (nSPS) is 13.3. The van der Waals surface area contributed by atoms with Crippen molar-refractivity contribution in [3.8, 4) is 11.5 Å². The zero-order chi connectivity index (χ0) is 19.0. The molecule has 27 heavy (non-hydrogen) atoms. The molecule has 4 rings (SSSR count). The number of carboxylic acid groups (broad SMARTS) is 1. The molecule has 2 N–H and O–H groups in total. The highest BCUT2D eigenvalue weighted by atomic mass is 32.1. The first-order valence-corrected chi connectivity index (χ1v) is 9.45. The van der Waals surface area contributed by atoms with Crippen molar-refractivity contribution in [2.24, 2.45) is 0 Å². The van der Waals surface area contributed by atoms with Gasteiger partial charge in [0, 0.05) is 17.0 Å². The van der Waals surface area contributed by atoms with E-state index in [9.17, 15) is 9.90 Å². The second-order valence-corrected chi connectivity index (χ2v) is 7.38. The highest BCUT2D eigenvalue weighted by Gasteiger charge is 2.22. The van der Waals surface area contributed by atoms with Gasteiger partial charge in [0.2, 0.25) is 0 Å². The van der Waals surface area contributed by atoms with Gasteiger partial charge < -0.3 is 19.9 Å². The smallest absolute Gasteiger partial charge is 0.337 e. The average Bonchev–Trinajstić information content (AvgIpc) is 3.07. The molecular formula is C19H19N3O4S. The van der Waals surface area contributed by atoms with Gasteiger partial charge in [0.25, 0.3) is 0 Å². The van der Waals surface area contributed by atoms with E-state index in [1.54, 1.807) is 17.4 Å². The largest absolute Gasteiger partial charge is 0.493 e. The predicted molar refractivity (Wildman–Crippen MR) is 104 cm³/mol. The number of nitrogens with zero attached hydrogens (tertiary/aromatic N) is 2. The van der Waals surface area contributed by atoms with Gasteiger partial charge in [-0.05, 0) is 31.2 Å². The summed E-state index contributed by atoms with van der Waals surface area (Å²) in [5.41, 5.74) is 1.76. The summed E-state index contributed by atoms with van der Waals surface area (Å²) in [6.45, 7) is 0. The zero-order valence-electron chi connectivity index (χ0n) is 15.0. The van der Waals surface area contributed by atoms with E-state index in [1.807, 2.05) is 0 Å². The van der Waals surface area contributed by atoms with Crippen molar-refractivity contribution in [3.05, 3.63) is 34.5 Å². The van der Waals surface area contributed by atoms with Crippen molar-refractivity contribution >= 4 is 39.0 Å². The fraction of sp³-hybridized carbons (Fsp3) is 0.316. The predicted octanol–water partition coefficient (Wildman–Crippen LogP) is 4.03. The van der Waals surface area contributed by atoms with Crippen LogP contribution in [0.5, 0.6) is 11.5 Å².